The minimum atomic E-state index is 0.561. The van der Waals surface area contributed by atoms with Gasteiger partial charge in [0.1, 0.15) is 6.07 Å². The third-order valence-corrected chi connectivity index (χ3v) is 4.17. The molecule has 0 amide bonds. The number of hydrogen-bond acceptors (Lipinski definition) is 2. The van der Waals surface area contributed by atoms with Gasteiger partial charge in [-0.1, -0.05) is 51.8 Å². The van der Waals surface area contributed by atoms with E-state index in [1.807, 2.05) is 36.4 Å². The van der Waals surface area contributed by atoms with Gasteiger partial charge in [-0.25, -0.2) is 0 Å². The molecule has 0 atom stereocenters. The van der Waals surface area contributed by atoms with Crippen LogP contribution >= 0.6 is 27.5 Å². The largest absolute Gasteiger partial charge is 0.354 e. The van der Waals surface area contributed by atoms with E-state index >= 15 is 0 Å². The minimum absolute atomic E-state index is 0.561. The highest BCUT2D eigenvalue weighted by molar-refractivity contribution is 9.10. The second-order valence-corrected chi connectivity index (χ2v) is 5.86. The number of nitrogens with zero attached hydrogens (tertiary/aromatic N) is 1. The normalized spacial score (nSPS) is 10.3. The first-order valence-electron chi connectivity index (χ1n) is 6.33. The second-order valence-electron chi connectivity index (χ2n) is 4.57. The van der Waals surface area contributed by atoms with Crippen molar-refractivity contribution in [1.82, 2.24) is 0 Å². The highest BCUT2D eigenvalue weighted by atomic mass is 79.9. The number of benzene rings is 3. The van der Waals surface area contributed by atoms with Crippen molar-refractivity contribution in [3.63, 3.8) is 0 Å². The first kappa shape index (κ1) is 13.9. The number of nitriles is 1. The van der Waals surface area contributed by atoms with Crippen LogP contribution in [0.25, 0.3) is 10.8 Å². The van der Waals surface area contributed by atoms with Crippen molar-refractivity contribution in [2.75, 3.05) is 5.32 Å². The van der Waals surface area contributed by atoms with Gasteiger partial charge in [0.2, 0.25) is 0 Å². The molecule has 0 bridgehead atoms. The lowest BCUT2D eigenvalue weighted by Gasteiger charge is -2.12. The van der Waals surface area contributed by atoms with Crippen LogP contribution in [0.5, 0.6) is 0 Å². The zero-order chi connectivity index (χ0) is 14.8. The molecule has 4 heteroatoms. The van der Waals surface area contributed by atoms with Crippen molar-refractivity contribution < 1.29 is 0 Å². The van der Waals surface area contributed by atoms with Crippen molar-refractivity contribution in [2.24, 2.45) is 0 Å². The lowest BCUT2D eigenvalue weighted by Crippen LogP contribution is -1.95. The Kier molecular flexibility index (Phi) is 3.83. The molecule has 21 heavy (non-hydrogen) atoms. The predicted molar refractivity (Wildman–Crippen MR) is 91.1 cm³/mol. The van der Waals surface area contributed by atoms with E-state index in [9.17, 15) is 5.26 Å². The zero-order valence-electron chi connectivity index (χ0n) is 10.9. The molecule has 0 spiro atoms. The molecule has 2 nitrogen and oxygen atoms in total. The number of rotatable bonds is 2. The smallest absolute Gasteiger partial charge is 0.101 e. The van der Waals surface area contributed by atoms with Crippen LogP contribution in [0.4, 0.5) is 11.4 Å². The fraction of sp³-hybridized carbons (Fsp3) is 0. The van der Waals surface area contributed by atoms with Crippen LogP contribution in [0.1, 0.15) is 5.56 Å². The monoisotopic (exact) mass is 356 g/mol. The van der Waals surface area contributed by atoms with E-state index < -0.39 is 0 Å². The topological polar surface area (TPSA) is 35.8 Å². The SMILES string of the molecule is N#Cc1ccc(Cl)cc1Nc1ccc(Br)c2ccccc12. The van der Waals surface area contributed by atoms with Crippen LogP contribution in [-0.4, -0.2) is 0 Å². The summed E-state index contributed by atoms with van der Waals surface area (Å²) >= 11 is 9.58. The molecule has 0 unspecified atom stereocenters. The summed E-state index contributed by atoms with van der Waals surface area (Å²) in [4.78, 5) is 0. The summed E-state index contributed by atoms with van der Waals surface area (Å²) in [5.41, 5.74) is 2.21. The van der Waals surface area contributed by atoms with Gasteiger partial charge in [0.05, 0.1) is 11.3 Å². The van der Waals surface area contributed by atoms with Crippen LogP contribution < -0.4 is 5.32 Å². The van der Waals surface area contributed by atoms with Gasteiger partial charge >= 0.3 is 0 Å². The Morgan fingerprint density at radius 1 is 0.952 bits per heavy atom. The van der Waals surface area contributed by atoms with Gasteiger partial charge in [0, 0.05) is 20.6 Å². The van der Waals surface area contributed by atoms with Gasteiger partial charge in [0.15, 0.2) is 0 Å². The maximum absolute atomic E-state index is 9.20. The van der Waals surface area contributed by atoms with Crippen molar-refractivity contribution in [2.45, 2.75) is 0 Å². The standard InChI is InChI=1S/C17H10BrClN2/c18-15-7-8-16(14-4-2-1-3-13(14)15)21-17-9-12(19)6-5-11(17)10-20/h1-9,21H. The van der Waals surface area contributed by atoms with Crippen LogP contribution in [-0.2, 0) is 0 Å². The van der Waals surface area contributed by atoms with Gasteiger partial charge in [-0.15, -0.1) is 0 Å². The third-order valence-electron chi connectivity index (χ3n) is 3.24. The molecule has 0 aliphatic rings. The Morgan fingerprint density at radius 2 is 1.71 bits per heavy atom. The molecule has 3 aromatic rings. The number of halogens is 2. The average Bonchev–Trinajstić information content (AvgIpc) is 2.51. The molecule has 102 valence electrons. The van der Waals surface area contributed by atoms with E-state index in [4.69, 9.17) is 11.6 Å². The summed E-state index contributed by atoms with van der Waals surface area (Å²) in [5, 5.41) is 15.3. The molecule has 3 rings (SSSR count). The van der Waals surface area contributed by atoms with E-state index in [2.05, 4.69) is 27.3 Å². The summed E-state index contributed by atoms with van der Waals surface area (Å²) in [6.45, 7) is 0. The quantitative estimate of drug-likeness (QED) is 0.622. The molecular formula is C17H10BrClN2. The maximum Gasteiger partial charge on any atom is 0.101 e. The van der Waals surface area contributed by atoms with Crippen molar-refractivity contribution in [1.29, 1.82) is 5.26 Å². The number of nitrogens with one attached hydrogen (secondary N) is 1. The van der Waals surface area contributed by atoms with Gasteiger partial charge in [-0.05, 0) is 35.7 Å². The zero-order valence-corrected chi connectivity index (χ0v) is 13.2. The fourth-order valence-electron chi connectivity index (χ4n) is 2.23. The molecule has 0 fully saturated rings. The predicted octanol–water partition coefficient (Wildman–Crippen LogP) is 5.87. The van der Waals surface area contributed by atoms with Crippen molar-refractivity contribution >= 4 is 49.7 Å². The van der Waals surface area contributed by atoms with Crippen LogP contribution in [0.15, 0.2) is 59.1 Å². The average molecular weight is 358 g/mol. The Balaban J connectivity index is 2.13. The molecule has 0 aliphatic carbocycles. The Hall–Kier alpha value is -2.02. The summed E-state index contributed by atoms with van der Waals surface area (Å²) in [7, 11) is 0. The number of hydrogen-bond donors (Lipinski definition) is 1. The Bertz CT molecular complexity index is 868. The second kappa shape index (κ2) is 5.77. The lowest BCUT2D eigenvalue weighted by atomic mass is 10.1. The molecule has 0 saturated heterocycles. The van der Waals surface area contributed by atoms with Crippen LogP contribution in [0, 0.1) is 11.3 Å². The van der Waals surface area contributed by atoms with E-state index in [-0.39, 0.29) is 0 Å². The highest BCUT2D eigenvalue weighted by Gasteiger charge is 2.07. The number of fused-ring (bicyclic) bond motifs is 1. The lowest BCUT2D eigenvalue weighted by molar-refractivity contribution is 1.47. The summed E-state index contributed by atoms with van der Waals surface area (Å²) in [6, 6.07) is 19.4. The first-order chi connectivity index (χ1) is 10.2. The Labute approximate surface area is 136 Å². The molecule has 1 N–H and O–H groups in total. The molecule has 0 radical (unpaired) electrons. The summed E-state index contributed by atoms with van der Waals surface area (Å²) in [5.74, 6) is 0. The number of anilines is 2. The van der Waals surface area contributed by atoms with Gasteiger partial charge in [0.25, 0.3) is 0 Å². The van der Waals surface area contributed by atoms with Crippen molar-refractivity contribution in [3.05, 3.63) is 69.7 Å². The van der Waals surface area contributed by atoms with Gasteiger partial charge in [-0.3, -0.25) is 0 Å². The van der Waals surface area contributed by atoms with E-state index in [0.717, 1.165) is 20.9 Å². The minimum Gasteiger partial charge on any atom is -0.354 e. The molecule has 0 heterocycles. The molecule has 0 saturated carbocycles. The Morgan fingerprint density at radius 3 is 2.48 bits per heavy atom. The molecule has 0 aliphatic heterocycles. The molecule has 3 aromatic carbocycles. The fourth-order valence-corrected chi connectivity index (χ4v) is 2.88. The van der Waals surface area contributed by atoms with E-state index in [1.54, 1.807) is 18.2 Å². The highest BCUT2D eigenvalue weighted by Crippen LogP contribution is 2.33. The summed E-state index contributed by atoms with van der Waals surface area (Å²) in [6.07, 6.45) is 0. The maximum atomic E-state index is 9.20. The third kappa shape index (κ3) is 2.73. The van der Waals surface area contributed by atoms with E-state index in [0.29, 0.717) is 16.3 Å². The molecule has 0 aromatic heterocycles. The van der Waals surface area contributed by atoms with Gasteiger partial charge < -0.3 is 5.32 Å². The van der Waals surface area contributed by atoms with E-state index in [1.165, 1.54) is 0 Å². The van der Waals surface area contributed by atoms with Crippen molar-refractivity contribution in [3.8, 4) is 6.07 Å². The van der Waals surface area contributed by atoms with Gasteiger partial charge in [-0.2, -0.15) is 5.26 Å². The van der Waals surface area contributed by atoms with Crippen LogP contribution in [0.3, 0.4) is 0 Å². The summed E-state index contributed by atoms with van der Waals surface area (Å²) < 4.78 is 1.04. The van der Waals surface area contributed by atoms with Crippen LogP contribution in [0.2, 0.25) is 5.02 Å². The first-order valence-corrected chi connectivity index (χ1v) is 7.50. The molecular weight excluding hydrogens is 348 g/mol.